The summed E-state index contributed by atoms with van der Waals surface area (Å²) in [6.45, 7) is 7.14. The van der Waals surface area contributed by atoms with Gasteiger partial charge in [-0.1, -0.05) is 39.5 Å². The van der Waals surface area contributed by atoms with Crippen molar-refractivity contribution < 1.29 is 9.90 Å². The van der Waals surface area contributed by atoms with E-state index in [0.29, 0.717) is 5.82 Å². The topological polar surface area (TPSA) is 62.2 Å². The molecule has 0 amide bonds. The van der Waals surface area contributed by atoms with Crippen LogP contribution in [0, 0.1) is 12.8 Å². The maximum atomic E-state index is 11.1. The average molecular weight is 278 g/mol. The molecule has 0 atom stereocenters. The molecule has 4 heteroatoms. The smallest absolute Gasteiger partial charge is 0.339 e. The fourth-order valence-corrected chi connectivity index (χ4v) is 2.10. The van der Waals surface area contributed by atoms with Crippen molar-refractivity contribution in [3.63, 3.8) is 0 Å². The fraction of sp³-hybridized carbons (Fsp3) is 0.625. The zero-order valence-corrected chi connectivity index (χ0v) is 12.8. The molecule has 0 aliphatic carbocycles. The Balaban J connectivity index is 2.31. The number of anilines is 1. The fourth-order valence-electron chi connectivity index (χ4n) is 2.10. The molecule has 20 heavy (non-hydrogen) atoms. The summed E-state index contributed by atoms with van der Waals surface area (Å²) in [6, 6.07) is 3.33. The Labute approximate surface area is 121 Å². The van der Waals surface area contributed by atoms with Crippen LogP contribution >= 0.6 is 0 Å². The van der Waals surface area contributed by atoms with Crippen LogP contribution in [-0.2, 0) is 0 Å². The van der Waals surface area contributed by atoms with Crippen LogP contribution in [0.2, 0.25) is 0 Å². The highest BCUT2D eigenvalue weighted by Gasteiger charge is 2.10. The number of carboxylic acids is 1. The van der Waals surface area contributed by atoms with Crippen molar-refractivity contribution in [1.82, 2.24) is 4.98 Å². The minimum atomic E-state index is -0.933. The highest BCUT2D eigenvalue weighted by atomic mass is 16.4. The van der Waals surface area contributed by atoms with Gasteiger partial charge in [0.25, 0.3) is 0 Å². The standard InChI is InChI=1S/C16H26N2O2/c1-12(2)8-6-4-5-7-11-17-15-14(16(19)20)10-9-13(3)18-15/h9-10,12H,4-8,11H2,1-3H3,(H,17,18)(H,19,20). The highest BCUT2D eigenvalue weighted by molar-refractivity contribution is 5.93. The first-order valence-electron chi connectivity index (χ1n) is 7.45. The Hall–Kier alpha value is -1.58. The Morgan fingerprint density at radius 1 is 1.25 bits per heavy atom. The molecule has 0 spiro atoms. The molecule has 1 rings (SSSR count). The minimum Gasteiger partial charge on any atom is -0.478 e. The number of hydrogen-bond donors (Lipinski definition) is 2. The number of nitrogens with zero attached hydrogens (tertiary/aromatic N) is 1. The van der Waals surface area contributed by atoms with Crippen LogP contribution in [0.5, 0.6) is 0 Å². The van der Waals surface area contributed by atoms with Crippen LogP contribution in [0.3, 0.4) is 0 Å². The molecule has 0 bridgehead atoms. The zero-order chi connectivity index (χ0) is 15.0. The predicted molar refractivity (Wildman–Crippen MR) is 82.3 cm³/mol. The Morgan fingerprint density at radius 2 is 1.95 bits per heavy atom. The predicted octanol–water partition coefficient (Wildman–Crippen LogP) is 4.11. The summed E-state index contributed by atoms with van der Waals surface area (Å²) in [7, 11) is 0. The largest absolute Gasteiger partial charge is 0.478 e. The lowest BCUT2D eigenvalue weighted by Gasteiger charge is -2.09. The van der Waals surface area contributed by atoms with Gasteiger partial charge in [-0.3, -0.25) is 0 Å². The van der Waals surface area contributed by atoms with Gasteiger partial charge < -0.3 is 10.4 Å². The lowest BCUT2D eigenvalue weighted by molar-refractivity contribution is 0.0697. The minimum absolute atomic E-state index is 0.246. The summed E-state index contributed by atoms with van der Waals surface area (Å²) in [5.41, 5.74) is 1.07. The summed E-state index contributed by atoms with van der Waals surface area (Å²) >= 11 is 0. The number of carboxylic acid groups (broad SMARTS) is 1. The number of hydrogen-bond acceptors (Lipinski definition) is 3. The van der Waals surface area contributed by atoms with E-state index in [0.717, 1.165) is 24.6 Å². The van der Waals surface area contributed by atoms with E-state index in [-0.39, 0.29) is 5.56 Å². The van der Waals surface area contributed by atoms with Gasteiger partial charge in [0.2, 0.25) is 0 Å². The highest BCUT2D eigenvalue weighted by Crippen LogP contribution is 2.14. The molecule has 112 valence electrons. The van der Waals surface area contributed by atoms with Crippen molar-refractivity contribution in [2.24, 2.45) is 5.92 Å². The van der Waals surface area contributed by atoms with Crippen molar-refractivity contribution >= 4 is 11.8 Å². The van der Waals surface area contributed by atoms with E-state index in [9.17, 15) is 4.79 Å². The van der Waals surface area contributed by atoms with E-state index in [1.165, 1.54) is 25.7 Å². The Kier molecular flexibility index (Phi) is 7.05. The molecule has 1 heterocycles. The average Bonchev–Trinajstić information content (AvgIpc) is 2.37. The van der Waals surface area contributed by atoms with Crippen LogP contribution in [-0.4, -0.2) is 22.6 Å². The molecule has 0 saturated carbocycles. The molecular weight excluding hydrogens is 252 g/mol. The van der Waals surface area contributed by atoms with E-state index in [1.807, 2.05) is 6.92 Å². The van der Waals surface area contributed by atoms with E-state index >= 15 is 0 Å². The lowest BCUT2D eigenvalue weighted by Crippen LogP contribution is -2.10. The molecule has 0 radical (unpaired) electrons. The third-order valence-electron chi connectivity index (χ3n) is 3.27. The normalized spacial score (nSPS) is 10.8. The third-order valence-corrected chi connectivity index (χ3v) is 3.27. The van der Waals surface area contributed by atoms with Crippen molar-refractivity contribution in [2.45, 2.75) is 52.9 Å². The molecule has 0 aliphatic heterocycles. The van der Waals surface area contributed by atoms with E-state index in [4.69, 9.17) is 5.11 Å². The van der Waals surface area contributed by atoms with Crippen LogP contribution in [0.25, 0.3) is 0 Å². The van der Waals surface area contributed by atoms with E-state index in [2.05, 4.69) is 24.1 Å². The maximum Gasteiger partial charge on any atom is 0.339 e. The van der Waals surface area contributed by atoms with Gasteiger partial charge in [-0.05, 0) is 31.4 Å². The number of aromatic nitrogens is 1. The van der Waals surface area contributed by atoms with Crippen LogP contribution in [0.1, 0.15) is 62.0 Å². The van der Waals surface area contributed by atoms with Gasteiger partial charge in [0.05, 0.1) is 0 Å². The summed E-state index contributed by atoms with van der Waals surface area (Å²) in [5.74, 6) is 0.333. The summed E-state index contributed by atoms with van der Waals surface area (Å²) in [6.07, 6.45) is 6.03. The second-order valence-electron chi connectivity index (χ2n) is 5.68. The molecular formula is C16H26N2O2. The number of rotatable bonds is 9. The van der Waals surface area contributed by atoms with Gasteiger partial charge in [-0.2, -0.15) is 0 Å². The van der Waals surface area contributed by atoms with Crippen LogP contribution in [0.15, 0.2) is 12.1 Å². The van der Waals surface area contributed by atoms with Crippen molar-refractivity contribution in [3.8, 4) is 0 Å². The molecule has 0 fully saturated rings. The van der Waals surface area contributed by atoms with Crippen LogP contribution in [0.4, 0.5) is 5.82 Å². The van der Waals surface area contributed by atoms with Crippen molar-refractivity contribution in [2.75, 3.05) is 11.9 Å². The molecule has 1 aromatic rings. The van der Waals surface area contributed by atoms with Gasteiger partial charge >= 0.3 is 5.97 Å². The number of aromatic carboxylic acids is 1. The Morgan fingerprint density at radius 3 is 2.60 bits per heavy atom. The first-order valence-corrected chi connectivity index (χ1v) is 7.45. The molecule has 0 unspecified atom stereocenters. The quantitative estimate of drug-likeness (QED) is 0.667. The number of aryl methyl sites for hydroxylation is 1. The summed E-state index contributed by atoms with van der Waals surface area (Å²) in [5, 5.41) is 12.2. The van der Waals surface area contributed by atoms with E-state index < -0.39 is 5.97 Å². The number of unbranched alkanes of at least 4 members (excludes halogenated alkanes) is 3. The van der Waals surface area contributed by atoms with Crippen LogP contribution < -0.4 is 5.32 Å². The molecule has 4 nitrogen and oxygen atoms in total. The third kappa shape index (κ3) is 6.04. The second-order valence-corrected chi connectivity index (χ2v) is 5.68. The number of pyridine rings is 1. The molecule has 1 aromatic heterocycles. The Bertz CT molecular complexity index is 430. The van der Waals surface area contributed by atoms with Gasteiger partial charge in [0, 0.05) is 12.2 Å². The molecule has 2 N–H and O–H groups in total. The SMILES string of the molecule is Cc1ccc(C(=O)O)c(NCCCCCCC(C)C)n1. The number of nitrogens with one attached hydrogen (secondary N) is 1. The van der Waals surface area contributed by atoms with Gasteiger partial charge in [-0.15, -0.1) is 0 Å². The first-order chi connectivity index (χ1) is 9.50. The van der Waals surface area contributed by atoms with E-state index in [1.54, 1.807) is 12.1 Å². The van der Waals surface area contributed by atoms with Gasteiger partial charge in [0.15, 0.2) is 0 Å². The monoisotopic (exact) mass is 278 g/mol. The van der Waals surface area contributed by atoms with Gasteiger partial charge in [-0.25, -0.2) is 9.78 Å². The van der Waals surface area contributed by atoms with Gasteiger partial charge in [0.1, 0.15) is 11.4 Å². The zero-order valence-electron chi connectivity index (χ0n) is 12.8. The lowest BCUT2D eigenvalue weighted by atomic mass is 10.0. The number of carbonyl (C=O) groups is 1. The molecule has 0 aromatic carbocycles. The summed E-state index contributed by atoms with van der Waals surface area (Å²) < 4.78 is 0. The molecule has 0 aliphatic rings. The second kappa shape index (κ2) is 8.56. The molecule has 0 saturated heterocycles. The van der Waals surface area contributed by atoms with Crippen molar-refractivity contribution in [1.29, 1.82) is 0 Å². The van der Waals surface area contributed by atoms with Crippen molar-refractivity contribution in [3.05, 3.63) is 23.4 Å². The first kappa shape index (κ1) is 16.5. The summed E-state index contributed by atoms with van der Waals surface area (Å²) in [4.78, 5) is 15.4. The maximum absolute atomic E-state index is 11.1.